The average Bonchev–Trinajstić information content (AvgIpc) is 2.67. The fraction of sp³-hybridized carbons (Fsp3) is 0.286. The van der Waals surface area contributed by atoms with Gasteiger partial charge in [0.2, 0.25) is 5.91 Å². The van der Waals surface area contributed by atoms with Gasteiger partial charge < -0.3 is 10.0 Å². The largest absolute Gasteiger partial charge is 0.508 e. The van der Waals surface area contributed by atoms with Crippen molar-refractivity contribution in [1.82, 2.24) is 14.9 Å². The van der Waals surface area contributed by atoms with Gasteiger partial charge in [0.25, 0.3) is 0 Å². The Hall–Kier alpha value is -3.13. The smallest absolute Gasteiger partial charge is 0.222 e. The molecule has 0 unspecified atom stereocenters. The first-order valence-electron chi connectivity index (χ1n) is 8.68. The highest BCUT2D eigenvalue weighted by molar-refractivity contribution is 5.77. The molecule has 0 aliphatic carbocycles. The summed E-state index contributed by atoms with van der Waals surface area (Å²) in [6.45, 7) is 5.07. The molecule has 0 radical (unpaired) electrons. The summed E-state index contributed by atoms with van der Waals surface area (Å²) in [5.74, 6) is 6.42. The molecule has 0 saturated carbocycles. The van der Waals surface area contributed by atoms with Gasteiger partial charge in [-0.1, -0.05) is 25.0 Å². The zero-order chi connectivity index (χ0) is 18.5. The van der Waals surface area contributed by atoms with E-state index in [0.717, 1.165) is 28.9 Å². The molecule has 5 nitrogen and oxygen atoms in total. The van der Waals surface area contributed by atoms with Gasteiger partial charge in [-0.3, -0.25) is 9.78 Å². The molecule has 0 fully saturated rings. The number of phenols is 1. The minimum atomic E-state index is 0. The molecule has 136 valence electrons. The number of hydrogen-bond donors (Lipinski definition) is 1. The van der Waals surface area contributed by atoms with Crippen LogP contribution in [0.15, 0.2) is 36.5 Å². The van der Waals surface area contributed by atoms with Crippen LogP contribution in [-0.2, 0) is 4.79 Å². The molecular formula is C21H25N3O2. The summed E-state index contributed by atoms with van der Waals surface area (Å²) in [6.07, 6.45) is 5.10. The van der Waals surface area contributed by atoms with E-state index in [1.165, 1.54) is 0 Å². The second-order valence-electron chi connectivity index (χ2n) is 6.16. The molecule has 1 aliphatic rings. The topological polar surface area (TPSA) is 66.3 Å². The van der Waals surface area contributed by atoms with Crippen LogP contribution >= 0.6 is 0 Å². The summed E-state index contributed by atoms with van der Waals surface area (Å²) in [5, 5.41) is 9.53. The summed E-state index contributed by atoms with van der Waals surface area (Å²) >= 11 is 0. The Bertz CT molecular complexity index is 933. The van der Waals surface area contributed by atoms with Crippen LogP contribution in [0.1, 0.15) is 45.3 Å². The van der Waals surface area contributed by atoms with Gasteiger partial charge in [-0.15, -0.1) is 0 Å². The number of aryl methyl sites for hydroxylation is 1. The van der Waals surface area contributed by atoms with E-state index in [4.69, 9.17) is 0 Å². The maximum atomic E-state index is 11.8. The van der Waals surface area contributed by atoms with Crippen LogP contribution in [0.5, 0.6) is 5.75 Å². The Labute approximate surface area is 156 Å². The molecule has 0 bridgehead atoms. The first-order valence-corrected chi connectivity index (χ1v) is 8.68. The van der Waals surface area contributed by atoms with Crippen molar-refractivity contribution in [3.8, 4) is 17.6 Å². The van der Waals surface area contributed by atoms with E-state index in [0.29, 0.717) is 25.2 Å². The molecule has 26 heavy (non-hydrogen) atoms. The van der Waals surface area contributed by atoms with E-state index in [9.17, 15) is 9.90 Å². The predicted molar refractivity (Wildman–Crippen MR) is 105 cm³/mol. The van der Waals surface area contributed by atoms with Crippen molar-refractivity contribution in [3.05, 3.63) is 59.2 Å². The third-order valence-corrected chi connectivity index (χ3v) is 4.32. The van der Waals surface area contributed by atoms with E-state index in [1.807, 2.05) is 30.9 Å². The number of aromatic hydroxyl groups is 1. The Morgan fingerprint density at radius 2 is 2.23 bits per heavy atom. The van der Waals surface area contributed by atoms with E-state index >= 15 is 0 Å². The lowest BCUT2D eigenvalue weighted by molar-refractivity contribution is -0.130. The lowest BCUT2D eigenvalue weighted by Crippen LogP contribution is -2.34. The standard InChI is InChI=1S/C21H21N3O2.2H2/c1-3-21(26)24-11-9-17(10-12-24)20-14-22-15(2)19(23-20)8-7-16-5-4-6-18(25)13-16;;/h4-6,9,13-14,25H,3,10-12H2,1-2H3;2*1H. The zero-order valence-electron chi connectivity index (χ0n) is 15.0. The zero-order valence-corrected chi connectivity index (χ0v) is 15.0. The SMILES string of the molecule is CCC(=O)N1CC=C(c2cnc(C)c(C#Cc3cccc(O)c3)n2)CC1.[HH].[HH]. The van der Waals surface area contributed by atoms with Gasteiger partial charge in [-0.2, -0.15) is 0 Å². The van der Waals surface area contributed by atoms with Crippen molar-refractivity contribution in [2.45, 2.75) is 26.7 Å². The number of amides is 1. The number of benzene rings is 1. The van der Waals surface area contributed by atoms with Crippen molar-refractivity contribution < 1.29 is 12.8 Å². The summed E-state index contributed by atoms with van der Waals surface area (Å²) in [4.78, 5) is 22.7. The van der Waals surface area contributed by atoms with Crippen molar-refractivity contribution in [3.63, 3.8) is 0 Å². The monoisotopic (exact) mass is 351 g/mol. The lowest BCUT2D eigenvalue weighted by atomic mass is 10.0. The number of nitrogens with zero attached hydrogens (tertiary/aromatic N) is 3. The van der Waals surface area contributed by atoms with Gasteiger partial charge >= 0.3 is 0 Å². The van der Waals surface area contributed by atoms with Crippen LogP contribution < -0.4 is 0 Å². The lowest BCUT2D eigenvalue weighted by Gasteiger charge is -2.26. The van der Waals surface area contributed by atoms with E-state index in [2.05, 4.69) is 21.8 Å². The van der Waals surface area contributed by atoms with Crippen LogP contribution in [0.3, 0.4) is 0 Å². The minimum absolute atomic E-state index is 0. The summed E-state index contributed by atoms with van der Waals surface area (Å²) < 4.78 is 0. The van der Waals surface area contributed by atoms with Gasteiger partial charge in [0.05, 0.1) is 17.6 Å². The highest BCUT2D eigenvalue weighted by Gasteiger charge is 2.17. The summed E-state index contributed by atoms with van der Waals surface area (Å²) in [6, 6.07) is 6.81. The van der Waals surface area contributed by atoms with Gasteiger partial charge in [0.15, 0.2) is 0 Å². The van der Waals surface area contributed by atoms with Crippen LogP contribution in [-0.4, -0.2) is 39.0 Å². The van der Waals surface area contributed by atoms with Crippen LogP contribution in [0.4, 0.5) is 0 Å². The molecule has 3 rings (SSSR count). The second-order valence-corrected chi connectivity index (χ2v) is 6.16. The minimum Gasteiger partial charge on any atom is -0.508 e. The Kier molecular flexibility index (Phi) is 5.33. The normalized spacial score (nSPS) is 13.6. The van der Waals surface area contributed by atoms with Gasteiger partial charge in [-0.25, -0.2) is 4.98 Å². The Balaban J connectivity index is 0.00000196. The number of hydrogen-bond acceptors (Lipinski definition) is 4. The predicted octanol–water partition coefficient (Wildman–Crippen LogP) is 3.41. The van der Waals surface area contributed by atoms with Gasteiger partial charge in [0.1, 0.15) is 11.4 Å². The van der Waals surface area contributed by atoms with E-state index in [1.54, 1.807) is 24.4 Å². The number of carbonyl (C=O) groups excluding carboxylic acids is 1. The molecule has 0 atom stereocenters. The molecular weight excluding hydrogens is 326 g/mol. The van der Waals surface area contributed by atoms with Gasteiger partial charge in [0, 0.05) is 27.9 Å². The highest BCUT2D eigenvalue weighted by atomic mass is 16.3. The molecule has 0 saturated heterocycles. The molecule has 1 N–H and O–H groups in total. The fourth-order valence-electron chi connectivity index (χ4n) is 2.79. The Morgan fingerprint density at radius 3 is 2.92 bits per heavy atom. The van der Waals surface area contributed by atoms with Crippen molar-refractivity contribution >= 4 is 11.5 Å². The fourth-order valence-corrected chi connectivity index (χ4v) is 2.79. The molecule has 5 heteroatoms. The number of aromatic nitrogens is 2. The maximum Gasteiger partial charge on any atom is 0.222 e. The Morgan fingerprint density at radius 1 is 1.38 bits per heavy atom. The molecule has 1 aromatic carbocycles. The first-order chi connectivity index (χ1) is 12.6. The van der Waals surface area contributed by atoms with Crippen LogP contribution in [0, 0.1) is 18.8 Å². The maximum absolute atomic E-state index is 11.8. The van der Waals surface area contributed by atoms with Crippen molar-refractivity contribution in [2.75, 3.05) is 13.1 Å². The number of phenolic OH excluding ortho intramolecular Hbond substituents is 1. The van der Waals surface area contributed by atoms with Crippen molar-refractivity contribution in [1.29, 1.82) is 0 Å². The molecule has 2 heterocycles. The third-order valence-electron chi connectivity index (χ3n) is 4.32. The molecule has 1 aromatic heterocycles. The molecule has 2 aromatic rings. The van der Waals surface area contributed by atoms with E-state index in [-0.39, 0.29) is 14.5 Å². The van der Waals surface area contributed by atoms with Crippen molar-refractivity contribution in [2.24, 2.45) is 0 Å². The second kappa shape index (κ2) is 7.83. The summed E-state index contributed by atoms with van der Waals surface area (Å²) in [5.41, 5.74) is 4.01. The van der Waals surface area contributed by atoms with E-state index < -0.39 is 0 Å². The molecule has 1 amide bonds. The molecule has 1 aliphatic heterocycles. The first kappa shape index (κ1) is 17.7. The molecule has 0 spiro atoms. The average molecular weight is 351 g/mol. The number of carbonyl (C=O) groups is 1. The summed E-state index contributed by atoms with van der Waals surface area (Å²) in [7, 11) is 0. The van der Waals surface area contributed by atoms with Gasteiger partial charge in [-0.05, 0) is 43.0 Å². The highest BCUT2D eigenvalue weighted by Crippen LogP contribution is 2.21. The van der Waals surface area contributed by atoms with Crippen LogP contribution in [0.25, 0.3) is 5.57 Å². The van der Waals surface area contributed by atoms with Crippen LogP contribution in [0.2, 0.25) is 0 Å². The quantitative estimate of drug-likeness (QED) is 0.842. The third kappa shape index (κ3) is 4.09. The number of rotatable bonds is 2.